The number of rotatable bonds is 19. The number of thioether (sulfide) groups is 1. The maximum Gasteiger partial charge on any atom is 0.326 e. The summed E-state index contributed by atoms with van der Waals surface area (Å²) in [5, 5.41) is 25.8. The summed E-state index contributed by atoms with van der Waals surface area (Å²) in [6.07, 6.45) is 3.16. The molecule has 0 rings (SSSR count). The maximum absolute atomic E-state index is 13.1. The fourth-order valence-corrected chi connectivity index (χ4v) is 3.68. The number of carboxylic acids is 2. The van der Waals surface area contributed by atoms with E-state index in [0.717, 1.165) is 0 Å². The molecule has 0 aromatic rings. The highest BCUT2D eigenvalue weighted by molar-refractivity contribution is 7.98. The Morgan fingerprint density at radius 3 is 1.91 bits per heavy atom. The van der Waals surface area contributed by atoms with Gasteiger partial charge in [0.1, 0.15) is 18.1 Å². The molecule has 0 aliphatic heterocycles. The van der Waals surface area contributed by atoms with E-state index in [-0.39, 0.29) is 18.8 Å². The summed E-state index contributed by atoms with van der Waals surface area (Å²) < 4.78 is 0. The SMILES string of the molecule is CSCC[C@H](N)C(=O)N[C@@H](CC(C)C)C(=O)N[C@@H](CCCCN)C(=O)N[C@@H](CCC(=O)O)C(=O)O. The van der Waals surface area contributed by atoms with E-state index in [1.54, 1.807) is 11.8 Å². The second-order valence-electron chi connectivity index (χ2n) is 8.76. The third-order valence-electron chi connectivity index (χ3n) is 5.15. The van der Waals surface area contributed by atoms with E-state index >= 15 is 0 Å². The van der Waals surface area contributed by atoms with Gasteiger partial charge in [-0.25, -0.2) is 4.79 Å². The fourth-order valence-electron chi connectivity index (χ4n) is 3.19. The zero-order valence-corrected chi connectivity index (χ0v) is 21.6. The molecule has 0 spiro atoms. The molecule has 202 valence electrons. The van der Waals surface area contributed by atoms with Crippen molar-refractivity contribution in [3.05, 3.63) is 0 Å². The molecule has 12 nitrogen and oxygen atoms in total. The maximum atomic E-state index is 13.1. The van der Waals surface area contributed by atoms with Gasteiger partial charge in [0.25, 0.3) is 0 Å². The van der Waals surface area contributed by atoms with Gasteiger partial charge in [-0.05, 0) is 63.0 Å². The Labute approximate surface area is 210 Å². The van der Waals surface area contributed by atoms with Crippen molar-refractivity contribution in [3.8, 4) is 0 Å². The summed E-state index contributed by atoms with van der Waals surface area (Å²) in [6.45, 7) is 4.13. The van der Waals surface area contributed by atoms with Gasteiger partial charge in [-0.3, -0.25) is 19.2 Å². The quantitative estimate of drug-likeness (QED) is 0.110. The van der Waals surface area contributed by atoms with Gasteiger partial charge in [-0.15, -0.1) is 0 Å². The first-order chi connectivity index (χ1) is 16.4. The molecule has 13 heteroatoms. The van der Waals surface area contributed by atoms with Crippen molar-refractivity contribution in [2.24, 2.45) is 17.4 Å². The molecule has 0 unspecified atom stereocenters. The topological polar surface area (TPSA) is 214 Å². The molecular weight excluding hydrogens is 478 g/mol. The van der Waals surface area contributed by atoms with Crippen molar-refractivity contribution < 1.29 is 34.2 Å². The van der Waals surface area contributed by atoms with Gasteiger partial charge in [0.2, 0.25) is 17.7 Å². The first-order valence-electron chi connectivity index (χ1n) is 11.7. The summed E-state index contributed by atoms with van der Waals surface area (Å²) in [7, 11) is 0. The van der Waals surface area contributed by atoms with Crippen LogP contribution >= 0.6 is 11.8 Å². The average Bonchev–Trinajstić information content (AvgIpc) is 2.78. The lowest BCUT2D eigenvalue weighted by molar-refractivity contribution is -0.143. The molecule has 0 radical (unpaired) electrons. The summed E-state index contributed by atoms with van der Waals surface area (Å²) in [5.74, 6) is -3.65. The molecule has 35 heavy (non-hydrogen) atoms. The third-order valence-corrected chi connectivity index (χ3v) is 5.80. The van der Waals surface area contributed by atoms with Crippen LogP contribution in [-0.2, 0) is 24.0 Å². The Morgan fingerprint density at radius 2 is 1.40 bits per heavy atom. The number of nitrogens with two attached hydrogens (primary N) is 2. The molecule has 0 heterocycles. The summed E-state index contributed by atoms with van der Waals surface area (Å²) in [6, 6.07) is -4.22. The number of hydrogen-bond donors (Lipinski definition) is 7. The molecule has 0 saturated heterocycles. The third kappa shape index (κ3) is 14.6. The van der Waals surface area contributed by atoms with E-state index in [2.05, 4.69) is 16.0 Å². The number of amides is 3. The second-order valence-corrected chi connectivity index (χ2v) is 9.74. The summed E-state index contributed by atoms with van der Waals surface area (Å²) in [4.78, 5) is 60.7. The van der Waals surface area contributed by atoms with Crippen LogP contribution in [0.25, 0.3) is 0 Å². The first-order valence-corrected chi connectivity index (χ1v) is 13.1. The van der Waals surface area contributed by atoms with E-state index in [9.17, 15) is 29.1 Å². The molecule has 0 bridgehead atoms. The number of aliphatic carboxylic acids is 2. The molecule has 0 aromatic carbocycles. The minimum absolute atomic E-state index is 0.0467. The number of carbonyl (C=O) groups excluding carboxylic acids is 3. The van der Waals surface area contributed by atoms with Crippen LogP contribution in [0.3, 0.4) is 0 Å². The monoisotopic (exact) mass is 519 g/mol. The van der Waals surface area contributed by atoms with Crippen molar-refractivity contribution in [3.63, 3.8) is 0 Å². The van der Waals surface area contributed by atoms with Gasteiger partial charge in [0, 0.05) is 6.42 Å². The highest BCUT2D eigenvalue weighted by Crippen LogP contribution is 2.09. The van der Waals surface area contributed by atoms with Crippen LogP contribution in [-0.4, -0.2) is 82.6 Å². The van der Waals surface area contributed by atoms with Crippen LogP contribution in [0.15, 0.2) is 0 Å². The van der Waals surface area contributed by atoms with E-state index in [0.29, 0.717) is 38.0 Å². The molecule has 0 aromatic heterocycles. The number of nitrogens with one attached hydrogen (secondary N) is 3. The average molecular weight is 520 g/mol. The van der Waals surface area contributed by atoms with Gasteiger partial charge < -0.3 is 37.6 Å². The highest BCUT2D eigenvalue weighted by Gasteiger charge is 2.30. The van der Waals surface area contributed by atoms with Crippen molar-refractivity contribution >= 4 is 41.4 Å². The molecule has 0 aliphatic carbocycles. The van der Waals surface area contributed by atoms with Gasteiger partial charge in [-0.2, -0.15) is 11.8 Å². The predicted molar refractivity (Wildman–Crippen MR) is 134 cm³/mol. The van der Waals surface area contributed by atoms with Crippen molar-refractivity contribution in [2.45, 2.75) is 83.0 Å². The Bertz CT molecular complexity index is 708. The Morgan fingerprint density at radius 1 is 0.829 bits per heavy atom. The van der Waals surface area contributed by atoms with Gasteiger partial charge in [0.05, 0.1) is 6.04 Å². The lowest BCUT2D eigenvalue weighted by Gasteiger charge is -2.26. The van der Waals surface area contributed by atoms with Crippen LogP contribution in [0.2, 0.25) is 0 Å². The van der Waals surface area contributed by atoms with E-state index in [4.69, 9.17) is 16.6 Å². The highest BCUT2D eigenvalue weighted by atomic mass is 32.2. The predicted octanol–water partition coefficient (Wildman–Crippen LogP) is -0.354. The lowest BCUT2D eigenvalue weighted by Crippen LogP contribution is -2.57. The molecule has 3 amide bonds. The molecule has 9 N–H and O–H groups in total. The van der Waals surface area contributed by atoms with Crippen LogP contribution in [0.4, 0.5) is 0 Å². The van der Waals surface area contributed by atoms with Gasteiger partial charge in [-0.1, -0.05) is 13.8 Å². The van der Waals surface area contributed by atoms with E-state index in [1.807, 2.05) is 20.1 Å². The number of unbranched alkanes of at least 4 members (excludes halogenated alkanes) is 1. The molecule has 0 fully saturated rings. The minimum Gasteiger partial charge on any atom is -0.481 e. The number of carbonyl (C=O) groups is 5. The zero-order valence-electron chi connectivity index (χ0n) is 20.7. The Kier molecular flexibility index (Phi) is 16.7. The smallest absolute Gasteiger partial charge is 0.326 e. The second kappa shape index (κ2) is 18.0. The minimum atomic E-state index is -1.42. The number of hydrogen-bond acceptors (Lipinski definition) is 8. The van der Waals surface area contributed by atoms with Crippen molar-refractivity contribution in [2.75, 3.05) is 18.6 Å². The Hall–Kier alpha value is -2.38. The fraction of sp³-hybridized carbons (Fsp3) is 0.773. The normalized spacial score (nSPS) is 14.5. The Balaban J connectivity index is 5.48. The molecular formula is C22H41N5O7S. The molecule has 0 saturated carbocycles. The first kappa shape index (κ1) is 32.6. The largest absolute Gasteiger partial charge is 0.481 e. The zero-order chi connectivity index (χ0) is 27.0. The standard InChI is InChI=1S/C22H41N5O7S/c1-13(2)12-17(27-19(30)14(24)9-11-35-3)21(32)25-15(6-4-5-10-23)20(31)26-16(22(33)34)7-8-18(28)29/h13-17H,4-12,23-24H2,1-3H3,(H,25,32)(H,26,31)(H,27,30)(H,28,29)(H,33,34)/t14-,15-,16-,17-/m0/s1. The van der Waals surface area contributed by atoms with Crippen LogP contribution in [0, 0.1) is 5.92 Å². The van der Waals surface area contributed by atoms with E-state index < -0.39 is 60.2 Å². The van der Waals surface area contributed by atoms with Crippen LogP contribution < -0.4 is 27.4 Å². The van der Waals surface area contributed by atoms with Gasteiger partial charge >= 0.3 is 11.9 Å². The summed E-state index contributed by atoms with van der Waals surface area (Å²) >= 11 is 1.55. The lowest BCUT2D eigenvalue weighted by atomic mass is 10.0. The van der Waals surface area contributed by atoms with Crippen LogP contribution in [0.1, 0.15) is 58.8 Å². The summed E-state index contributed by atoms with van der Waals surface area (Å²) in [5.41, 5.74) is 11.4. The van der Waals surface area contributed by atoms with Crippen LogP contribution in [0.5, 0.6) is 0 Å². The number of carboxylic acid groups (broad SMARTS) is 2. The van der Waals surface area contributed by atoms with Crippen molar-refractivity contribution in [1.82, 2.24) is 16.0 Å². The van der Waals surface area contributed by atoms with Gasteiger partial charge in [0.15, 0.2) is 0 Å². The van der Waals surface area contributed by atoms with E-state index in [1.165, 1.54) is 0 Å². The molecule has 4 atom stereocenters. The van der Waals surface area contributed by atoms with Crippen molar-refractivity contribution in [1.29, 1.82) is 0 Å². The molecule has 0 aliphatic rings.